The summed E-state index contributed by atoms with van der Waals surface area (Å²) in [6.45, 7) is 0. The molecule has 0 spiro atoms. The number of rotatable bonds is 7. The number of anilines is 3. The van der Waals surface area contributed by atoms with Gasteiger partial charge in [0.2, 0.25) is 0 Å². The van der Waals surface area contributed by atoms with Crippen LogP contribution in [0.1, 0.15) is 0 Å². The van der Waals surface area contributed by atoms with Crippen molar-refractivity contribution >= 4 is 82.1 Å². The highest BCUT2D eigenvalue weighted by Gasteiger charge is 2.24. The van der Waals surface area contributed by atoms with Gasteiger partial charge in [-0.3, -0.25) is 0 Å². The predicted octanol–water partition coefficient (Wildman–Crippen LogP) is 18.3. The van der Waals surface area contributed by atoms with E-state index >= 15 is 0 Å². The van der Waals surface area contributed by atoms with Gasteiger partial charge in [-0.1, -0.05) is 194 Å². The van der Waals surface area contributed by atoms with Crippen molar-refractivity contribution < 1.29 is 4.42 Å². The van der Waals surface area contributed by atoms with Crippen molar-refractivity contribution in [3.63, 3.8) is 0 Å². The van der Waals surface area contributed by atoms with Gasteiger partial charge in [-0.15, -0.1) is 0 Å². The quantitative estimate of drug-likeness (QED) is 0.149. The summed E-state index contributed by atoms with van der Waals surface area (Å²) >= 11 is 0. The van der Waals surface area contributed by atoms with Gasteiger partial charge >= 0.3 is 0 Å². The smallest absolute Gasteiger partial charge is 0.145 e. The second-order valence-electron chi connectivity index (χ2n) is 17.2. The van der Waals surface area contributed by atoms with Crippen LogP contribution in [0.15, 0.2) is 253 Å². The van der Waals surface area contributed by atoms with E-state index in [1.54, 1.807) is 0 Å². The van der Waals surface area contributed by atoms with Gasteiger partial charge in [-0.05, 0) is 137 Å². The van der Waals surface area contributed by atoms with Crippen LogP contribution in [0.25, 0.3) is 110 Å². The molecule has 0 saturated carbocycles. The molecule has 1 heterocycles. The Morgan fingerprint density at radius 1 is 0.273 bits per heavy atom. The van der Waals surface area contributed by atoms with E-state index in [4.69, 9.17) is 4.42 Å². The maximum atomic E-state index is 7.03. The van der Waals surface area contributed by atoms with Crippen molar-refractivity contribution in [2.45, 2.75) is 0 Å². The van der Waals surface area contributed by atoms with Crippen LogP contribution in [-0.4, -0.2) is 0 Å². The molecule has 0 aliphatic rings. The molecule has 13 aromatic rings. The molecule has 2 nitrogen and oxygen atoms in total. The van der Waals surface area contributed by atoms with Gasteiger partial charge in [0.05, 0.1) is 11.1 Å². The van der Waals surface area contributed by atoms with E-state index in [-0.39, 0.29) is 0 Å². The van der Waals surface area contributed by atoms with Crippen LogP contribution >= 0.6 is 0 Å². The maximum absolute atomic E-state index is 7.03. The first kappa shape index (κ1) is 37.8. The van der Waals surface area contributed by atoms with Crippen molar-refractivity contribution in [1.29, 1.82) is 0 Å². The summed E-state index contributed by atoms with van der Waals surface area (Å²) in [5.41, 5.74) is 14.2. The predicted molar refractivity (Wildman–Crippen MR) is 280 cm³/mol. The monoisotopic (exact) mass is 839 g/mol. The minimum Gasteiger partial charge on any atom is -0.455 e. The molecular formula is C64H41NO. The molecule has 0 saturated heterocycles. The zero-order valence-corrected chi connectivity index (χ0v) is 36.0. The number of furan rings is 1. The maximum Gasteiger partial charge on any atom is 0.145 e. The van der Waals surface area contributed by atoms with E-state index in [0.717, 1.165) is 61.3 Å². The van der Waals surface area contributed by atoms with Gasteiger partial charge in [0, 0.05) is 22.3 Å². The Balaban J connectivity index is 1.02. The van der Waals surface area contributed by atoms with Gasteiger partial charge in [0.25, 0.3) is 0 Å². The first-order chi connectivity index (χ1) is 32.7. The fourth-order valence-corrected chi connectivity index (χ4v) is 10.3. The summed E-state index contributed by atoms with van der Waals surface area (Å²) in [6.07, 6.45) is 0. The molecule has 66 heavy (non-hydrogen) atoms. The summed E-state index contributed by atoms with van der Waals surface area (Å²) in [5, 5.41) is 12.0. The third-order valence-corrected chi connectivity index (χ3v) is 13.4. The van der Waals surface area contributed by atoms with E-state index in [0.29, 0.717) is 0 Å². The highest BCUT2D eigenvalue weighted by molar-refractivity contribution is 6.21. The van der Waals surface area contributed by atoms with E-state index < -0.39 is 0 Å². The van der Waals surface area contributed by atoms with Crippen LogP contribution in [0.3, 0.4) is 0 Å². The lowest BCUT2D eigenvalue weighted by Gasteiger charge is -2.27. The first-order valence-corrected chi connectivity index (χ1v) is 22.7. The molecule has 0 aliphatic heterocycles. The average Bonchev–Trinajstić information content (AvgIpc) is 3.79. The normalized spacial score (nSPS) is 11.6. The zero-order valence-electron chi connectivity index (χ0n) is 36.0. The summed E-state index contributed by atoms with van der Waals surface area (Å²) in [7, 11) is 0. The summed E-state index contributed by atoms with van der Waals surface area (Å²) in [5.74, 6) is 0. The molecule has 0 aliphatic carbocycles. The minimum absolute atomic E-state index is 0.858. The number of hydrogen-bond acceptors (Lipinski definition) is 2. The van der Waals surface area contributed by atoms with Crippen LogP contribution in [0.5, 0.6) is 0 Å². The Morgan fingerprint density at radius 3 is 1.45 bits per heavy atom. The Bertz CT molecular complexity index is 3980. The van der Waals surface area contributed by atoms with Crippen molar-refractivity contribution in [2.24, 2.45) is 0 Å². The number of para-hydroxylation sites is 1. The number of benzene rings is 12. The van der Waals surface area contributed by atoms with Gasteiger partial charge < -0.3 is 9.32 Å². The Morgan fingerprint density at radius 2 is 0.773 bits per heavy atom. The molecule has 308 valence electrons. The van der Waals surface area contributed by atoms with Crippen molar-refractivity contribution in [2.75, 3.05) is 4.90 Å². The van der Waals surface area contributed by atoms with Crippen LogP contribution < -0.4 is 4.90 Å². The Kier molecular flexibility index (Phi) is 8.89. The lowest BCUT2D eigenvalue weighted by molar-refractivity contribution is 0.670. The molecule has 0 bridgehead atoms. The number of fused-ring (bicyclic) bond motifs is 9. The molecule has 0 radical (unpaired) electrons. The van der Waals surface area contributed by atoms with Crippen LogP contribution in [0.2, 0.25) is 0 Å². The van der Waals surface area contributed by atoms with Gasteiger partial charge in [-0.2, -0.15) is 0 Å². The number of hydrogen-bond donors (Lipinski definition) is 0. The highest BCUT2D eigenvalue weighted by Crippen LogP contribution is 2.48. The van der Waals surface area contributed by atoms with Gasteiger partial charge in [-0.25, -0.2) is 0 Å². The lowest BCUT2D eigenvalue weighted by Crippen LogP contribution is -2.10. The SMILES string of the molecule is c1ccc(-c2ccc(-c3cccc(N(c4ccc(-c5cc6ccccc6c6ccccc56)cc4)c4ccc(-c5cc6ccccc6c6ccccc56)c5oc6ccccc6c45)c3)cc2)cc1. The minimum atomic E-state index is 0.858. The number of nitrogens with zero attached hydrogens (tertiary/aromatic N) is 1. The molecule has 2 heteroatoms. The fourth-order valence-electron chi connectivity index (χ4n) is 10.3. The van der Waals surface area contributed by atoms with Gasteiger partial charge in [0.15, 0.2) is 0 Å². The molecule has 1 aromatic heterocycles. The van der Waals surface area contributed by atoms with E-state index in [1.165, 1.54) is 65.3 Å². The fraction of sp³-hybridized carbons (Fsp3) is 0. The van der Waals surface area contributed by atoms with Gasteiger partial charge in [0.1, 0.15) is 11.2 Å². The van der Waals surface area contributed by atoms with Crippen molar-refractivity contribution in [3.8, 4) is 44.5 Å². The molecule has 12 aromatic carbocycles. The molecule has 0 unspecified atom stereocenters. The van der Waals surface area contributed by atoms with Crippen LogP contribution in [0.4, 0.5) is 17.1 Å². The summed E-state index contributed by atoms with van der Waals surface area (Å²) in [4.78, 5) is 2.41. The van der Waals surface area contributed by atoms with E-state index in [1.807, 2.05) is 0 Å². The van der Waals surface area contributed by atoms with Crippen LogP contribution in [-0.2, 0) is 0 Å². The third kappa shape index (κ3) is 6.26. The average molecular weight is 840 g/mol. The highest BCUT2D eigenvalue weighted by atomic mass is 16.3. The summed E-state index contributed by atoms with van der Waals surface area (Å²) in [6, 6.07) is 90.2. The Hall–Kier alpha value is -8.72. The van der Waals surface area contributed by atoms with Crippen molar-refractivity contribution in [1.82, 2.24) is 0 Å². The largest absolute Gasteiger partial charge is 0.455 e. The van der Waals surface area contributed by atoms with E-state index in [2.05, 4.69) is 254 Å². The lowest BCUT2D eigenvalue weighted by atomic mass is 9.91. The topological polar surface area (TPSA) is 16.4 Å². The molecule has 0 N–H and O–H groups in total. The third-order valence-electron chi connectivity index (χ3n) is 13.4. The molecule has 0 atom stereocenters. The van der Waals surface area contributed by atoms with Crippen molar-refractivity contribution in [3.05, 3.63) is 249 Å². The second kappa shape index (κ2) is 15.5. The molecular weight excluding hydrogens is 799 g/mol. The molecule has 13 rings (SSSR count). The van der Waals surface area contributed by atoms with Crippen LogP contribution in [0, 0.1) is 0 Å². The van der Waals surface area contributed by atoms with E-state index in [9.17, 15) is 0 Å². The standard InChI is InChI=1S/C64H41NO/c1-2-15-42(16-3-1)43-29-31-44(32-30-43)46-19-14-20-50(39-46)65(49-35-33-45(34-36-49)59-40-47-17-4-6-21-51(47)53-23-8-10-25-55(53)59)61-38-37-57(64-63(61)58-27-12-13-28-62(58)66-64)60-41-48-18-5-7-22-52(48)54-24-9-11-26-56(54)60/h1-41H. The molecule has 0 fully saturated rings. The Labute approximate surface area is 382 Å². The summed E-state index contributed by atoms with van der Waals surface area (Å²) < 4.78 is 7.03. The first-order valence-electron chi connectivity index (χ1n) is 22.7. The second-order valence-corrected chi connectivity index (χ2v) is 17.2. The zero-order chi connectivity index (χ0) is 43.6. The molecule has 0 amide bonds.